The van der Waals surface area contributed by atoms with Gasteiger partial charge < -0.3 is 9.82 Å². The van der Waals surface area contributed by atoms with E-state index < -0.39 is 23.7 Å². The molecule has 1 aromatic heterocycles. The smallest absolute Gasteiger partial charge is 0.336 e. The van der Waals surface area contributed by atoms with E-state index in [1.807, 2.05) is 6.92 Å². The van der Waals surface area contributed by atoms with Crippen molar-refractivity contribution in [2.75, 3.05) is 0 Å². The number of hydrogen-bond acceptors (Lipinski definition) is 5. The van der Waals surface area contributed by atoms with E-state index in [0.717, 1.165) is 17.2 Å². The molecule has 2 aromatic rings. The normalized spacial score (nSPS) is 19.2. The number of aromatic amines is 1. The van der Waals surface area contributed by atoms with E-state index in [1.165, 1.54) is 0 Å². The van der Waals surface area contributed by atoms with Gasteiger partial charge in [-0.05, 0) is 31.9 Å². The number of benzene rings is 1. The van der Waals surface area contributed by atoms with E-state index >= 15 is 0 Å². The lowest BCUT2D eigenvalue weighted by Crippen LogP contribution is -2.36. The molecule has 2 amide bonds. The number of nitrogens with zero attached hydrogens (tertiary/aromatic N) is 2. The Morgan fingerprint density at radius 3 is 2.58 bits per heavy atom. The highest BCUT2D eigenvalue weighted by atomic mass is 16.7. The van der Waals surface area contributed by atoms with E-state index in [-0.39, 0.29) is 11.1 Å². The van der Waals surface area contributed by atoms with E-state index in [9.17, 15) is 14.4 Å². The van der Waals surface area contributed by atoms with Crippen LogP contribution in [0.2, 0.25) is 0 Å². The summed E-state index contributed by atoms with van der Waals surface area (Å²) in [5.41, 5.74) is 2.40. The van der Waals surface area contributed by atoms with E-state index in [2.05, 4.69) is 9.97 Å². The third-order valence-electron chi connectivity index (χ3n) is 4.43. The molecule has 0 saturated carbocycles. The monoisotopic (exact) mass is 325 g/mol. The predicted molar refractivity (Wildman–Crippen MR) is 81.9 cm³/mol. The quantitative estimate of drug-likeness (QED) is 0.846. The zero-order valence-electron chi connectivity index (χ0n) is 13.0. The van der Waals surface area contributed by atoms with Gasteiger partial charge in [0.15, 0.2) is 0 Å². The number of nitrogens with one attached hydrogen (secondary N) is 1. The van der Waals surface area contributed by atoms with Crippen molar-refractivity contribution >= 4 is 17.8 Å². The van der Waals surface area contributed by atoms with Crippen molar-refractivity contribution in [2.45, 2.75) is 26.2 Å². The summed E-state index contributed by atoms with van der Waals surface area (Å²) in [6.07, 6.45) is 1.72. The summed E-state index contributed by atoms with van der Waals surface area (Å²) in [5.74, 6) is -1.35. The maximum absolute atomic E-state index is 12.4. The summed E-state index contributed by atoms with van der Waals surface area (Å²) in [7, 11) is 0. The van der Waals surface area contributed by atoms with Gasteiger partial charge in [-0.1, -0.05) is 17.2 Å². The van der Waals surface area contributed by atoms with Crippen molar-refractivity contribution in [2.24, 2.45) is 5.92 Å². The van der Waals surface area contributed by atoms with Crippen LogP contribution in [0.4, 0.5) is 0 Å². The molecule has 0 radical (unpaired) electrons. The maximum Gasteiger partial charge on any atom is 0.336 e. The van der Waals surface area contributed by atoms with Crippen LogP contribution in [0.1, 0.15) is 44.3 Å². The number of imide groups is 1. The molecule has 7 heteroatoms. The van der Waals surface area contributed by atoms with Gasteiger partial charge in [0.1, 0.15) is 5.82 Å². The molecule has 7 nitrogen and oxygen atoms in total. The maximum atomic E-state index is 12.4. The first-order valence-corrected chi connectivity index (χ1v) is 7.78. The number of carbonyl (C=O) groups excluding carboxylic acids is 3. The number of rotatable bonds is 2. The number of aryl methyl sites for hydroxylation is 2. The first-order valence-electron chi connectivity index (χ1n) is 7.78. The molecular formula is C17H15N3O4. The third-order valence-corrected chi connectivity index (χ3v) is 4.43. The van der Waals surface area contributed by atoms with Crippen LogP contribution in [0, 0.1) is 12.8 Å². The average molecular weight is 325 g/mol. The summed E-state index contributed by atoms with van der Waals surface area (Å²) in [4.78, 5) is 49.5. The zero-order valence-corrected chi connectivity index (χ0v) is 13.0. The van der Waals surface area contributed by atoms with Crippen molar-refractivity contribution < 1.29 is 19.2 Å². The molecule has 24 heavy (non-hydrogen) atoms. The number of aromatic nitrogens is 2. The lowest BCUT2D eigenvalue weighted by atomic mass is 9.90. The minimum absolute atomic E-state index is 0.255. The summed E-state index contributed by atoms with van der Waals surface area (Å²) in [5, 5.41) is 0.570. The van der Waals surface area contributed by atoms with Gasteiger partial charge in [-0.2, -0.15) is 0 Å². The molecule has 1 aromatic carbocycles. The van der Waals surface area contributed by atoms with E-state index in [1.54, 1.807) is 24.3 Å². The van der Waals surface area contributed by atoms with Gasteiger partial charge in [0.2, 0.25) is 0 Å². The fourth-order valence-electron chi connectivity index (χ4n) is 3.24. The third kappa shape index (κ3) is 2.20. The molecule has 1 aliphatic carbocycles. The van der Waals surface area contributed by atoms with Crippen LogP contribution in [0.5, 0.6) is 0 Å². The molecule has 4 rings (SSSR count). The summed E-state index contributed by atoms with van der Waals surface area (Å²) >= 11 is 0. The van der Waals surface area contributed by atoms with Crippen molar-refractivity contribution in [3.63, 3.8) is 0 Å². The van der Waals surface area contributed by atoms with Crippen LogP contribution in [-0.4, -0.2) is 32.8 Å². The standard InChI is InChI=1S/C17H15N3O4/c1-9-18-13-7-6-10(8-14(13)19-9)17(23)24-20-15(21)11-4-2-3-5-12(11)16(20)22/h2-5,10H,6-8H2,1H3,(H,18,19). The largest absolute Gasteiger partial charge is 0.346 e. The summed E-state index contributed by atoms with van der Waals surface area (Å²) < 4.78 is 0. The van der Waals surface area contributed by atoms with E-state index in [0.29, 0.717) is 24.3 Å². The van der Waals surface area contributed by atoms with Crippen LogP contribution in [0.15, 0.2) is 24.3 Å². The number of carbonyl (C=O) groups is 3. The Bertz CT molecular complexity index is 835. The number of hydrogen-bond donors (Lipinski definition) is 1. The van der Waals surface area contributed by atoms with Gasteiger partial charge in [-0.25, -0.2) is 9.78 Å². The first-order chi connectivity index (χ1) is 11.5. The van der Waals surface area contributed by atoms with Gasteiger partial charge in [0.25, 0.3) is 11.8 Å². The minimum Gasteiger partial charge on any atom is -0.346 e. The number of H-pyrrole nitrogens is 1. The molecule has 2 aliphatic rings. The second kappa shape index (κ2) is 5.30. The second-order valence-electron chi connectivity index (χ2n) is 6.05. The number of fused-ring (bicyclic) bond motifs is 2. The lowest BCUT2D eigenvalue weighted by Gasteiger charge is -2.21. The molecule has 1 N–H and O–H groups in total. The van der Waals surface area contributed by atoms with Gasteiger partial charge in [-0.15, -0.1) is 0 Å². The van der Waals surface area contributed by atoms with Gasteiger partial charge >= 0.3 is 5.97 Å². The summed E-state index contributed by atoms with van der Waals surface area (Å²) in [6.45, 7) is 1.87. The van der Waals surface area contributed by atoms with Crippen molar-refractivity contribution in [1.82, 2.24) is 15.0 Å². The molecule has 0 fully saturated rings. The molecule has 0 bridgehead atoms. The number of amides is 2. The van der Waals surface area contributed by atoms with Crippen molar-refractivity contribution in [3.8, 4) is 0 Å². The van der Waals surface area contributed by atoms with Gasteiger partial charge in [0.05, 0.1) is 22.7 Å². The van der Waals surface area contributed by atoms with E-state index in [4.69, 9.17) is 4.84 Å². The highest BCUT2D eigenvalue weighted by Crippen LogP contribution is 2.27. The second-order valence-corrected chi connectivity index (χ2v) is 6.05. The predicted octanol–water partition coefficient (Wildman–Crippen LogP) is 1.58. The van der Waals surface area contributed by atoms with Gasteiger partial charge in [-0.3, -0.25) is 9.59 Å². The highest BCUT2D eigenvalue weighted by Gasteiger charge is 2.40. The average Bonchev–Trinajstić information content (AvgIpc) is 3.07. The van der Waals surface area contributed by atoms with Gasteiger partial charge in [0, 0.05) is 12.1 Å². The summed E-state index contributed by atoms with van der Waals surface area (Å²) in [6, 6.07) is 6.42. The Balaban J connectivity index is 1.50. The fraction of sp³-hybridized carbons (Fsp3) is 0.294. The highest BCUT2D eigenvalue weighted by molar-refractivity contribution is 6.20. The van der Waals surface area contributed by atoms with Crippen LogP contribution >= 0.6 is 0 Å². The molecule has 1 atom stereocenters. The first kappa shape index (κ1) is 14.6. The van der Waals surface area contributed by atoms with Crippen molar-refractivity contribution in [3.05, 3.63) is 52.6 Å². The SMILES string of the molecule is Cc1nc2c([nH]1)CC(C(=O)ON1C(=O)c3ccccc3C1=O)CC2. The fourth-order valence-corrected chi connectivity index (χ4v) is 3.24. The Morgan fingerprint density at radius 2 is 1.92 bits per heavy atom. The Kier molecular flexibility index (Phi) is 3.23. The topological polar surface area (TPSA) is 92.4 Å². The molecule has 0 saturated heterocycles. The minimum atomic E-state index is -0.599. The lowest BCUT2D eigenvalue weighted by molar-refractivity contribution is -0.174. The Hall–Kier alpha value is -2.96. The van der Waals surface area contributed by atoms with Crippen molar-refractivity contribution in [1.29, 1.82) is 0 Å². The molecule has 1 unspecified atom stereocenters. The Labute approximate surface area is 137 Å². The number of imidazole rings is 1. The Morgan fingerprint density at radius 1 is 1.25 bits per heavy atom. The molecule has 122 valence electrons. The zero-order chi connectivity index (χ0) is 16.8. The molecule has 0 spiro atoms. The number of hydroxylamine groups is 2. The molecular weight excluding hydrogens is 310 g/mol. The molecule has 1 aliphatic heterocycles. The van der Waals surface area contributed by atoms with Crippen LogP contribution in [-0.2, 0) is 22.5 Å². The van der Waals surface area contributed by atoms with Crippen LogP contribution in [0.3, 0.4) is 0 Å². The molecule has 2 heterocycles. The van der Waals surface area contributed by atoms with Crippen LogP contribution < -0.4 is 0 Å². The van der Waals surface area contributed by atoms with Crippen LogP contribution in [0.25, 0.3) is 0 Å².